The average Bonchev–Trinajstić information content (AvgIpc) is 2.52. The van der Waals surface area contributed by atoms with Crippen LogP contribution < -0.4 is 5.32 Å². The SMILES string of the molecule is CCc1cccc(C)c1NC(=O)/C(C#N)=C\N(CC(C)C)CC(C)C. The fourth-order valence-electron chi connectivity index (χ4n) is 2.82. The summed E-state index contributed by atoms with van der Waals surface area (Å²) < 4.78 is 0. The number of carbonyl (C=O) groups excluding carboxylic acids is 1. The molecule has 4 nitrogen and oxygen atoms in total. The first kappa shape index (κ1) is 20.8. The van der Waals surface area contributed by atoms with Crippen molar-refractivity contribution in [1.82, 2.24) is 4.90 Å². The van der Waals surface area contributed by atoms with E-state index in [1.165, 1.54) is 0 Å². The monoisotopic (exact) mass is 341 g/mol. The van der Waals surface area contributed by atoms with Gasteiger partial charge < -0.3 is 10.2 Å². The number of amides is 1. The van der Waals surface area contributed by atoms with Crippen molar-refractivity contribution in [2.45, 2.75) is 48.0 Å². The molecule has 1 aromatic rings. The number of hydrogen-bond donors (Lipinski definition) is 1. The van der Waals surface area contributed by atoms with Crippen LogP contribution in [0.15, 0.2) is 30.0 Å². The third-order valence-corrected chi connectivity index (χ3v) is 3.85. The van der Waals surface area contributed by atoms with Gasteiger partial charge in [0.15, 0.2) is 0 Å². The minimum atomic E-state index is -0.344. The smallest absolute Gasteiger partial charge is 0.267 e. The van der Waals surface area contributed by atoms with Crippen molar-refractivity contribution in [3.05, 3.63) is 41.1 Å². The first-order chi connectivity index (χ1) is 11.8. The predicted octanol–water partition coefficient (Wildman–Crippen LogP) is 4.52. The van der Waals surface area contributed by atoms with Crippen LogP contribution in [0.2, 0.25) is 0 Å². The predicted molar refractivity (Wildman–Crippen MR) is 104 cm³/mol. The zero-order valence-corrected chi connectivity index (χ0v) is 16.4. The van der Waals surface area contributed by atoms with Crippen LogP contribution in [0.4, 0.5) is 5.69 Å². The molecule has 0 spiro atoms. The molecule has 136 valence electrons. The fraction of sp³-hybridized carbons (Fsp3) is 0.524. The number of anilines is 1. The maximum atomic E-state index is 12.6. The van der Waals surface area contributed by atoms with E-state index in [1.807, 2.05) is 25.1 Å². The third kappa shape index (κ3) is 6.62. The summed E-state index contributed by atoms with van der Waals surface area (Å²) in [7, 11) is 0. The molecule has 25 heavy (non-hydrogen) atoms. The molecule has 1 amide bonds. The van der Waals surface area contributed by atoms with Crippen molar-refractivity contribution in [1.29, 1.82) is 5.26 Å². The molecule has 0 aliphatic rings. The van der Waals surface area contributed by atoms with Gasteiger partial charge in [-0.25, -0.2) is 0 Å². The molecule has 1 rings (SSSR count). The van der Waals surface area contributed by atoms with E-state index in [0.29, 0.717) is 11.8 Å². The molecular weight excluding hydrogens is 310 g/mol. The summed E-state index contributed by atoms with van der Waals surface area (Å²) in [6.07, 6.45) is 2.54. The summed E-state index contributed by atoms with van der Waals surface area (Å²) in [5, 5.41) is 12.4. The summed E-state index contributed by atoms with van der Waals surface area (Å²) >= 11 is 0. The fourth-order valence-corrected chi connectivity index (χ4v) is 2.82. The van der Waals surface area contributed by atoms with Gasteiger partial charge in [-0.2, -0.15) is 5.26 Å². The van der Waals surface area contributed by atoms with E-state index < -0.39 is 0 Å². The van der Waals surface area contributed by atoms with Gasteiger partial charge in [0.1, 0.15) is 11.6 Å². The molecule has 1 aromatic carbocycles. The Hall–Kier alpha value is -2.28. The molecule has 0 heterocycles. The number of nitriles is 1. The van der Waals surface area contributed by atoms with Gasteiger partial charge in [0.05, 0.1) is 0 Å². The van der Waals surface area contributed by atoms with E-state index in [0.717, 1.165) is 36.3 Å². The van der Waals surface area contributed by atoms with Crippen molar-refractivity contribution in [2.24, 2.45) is 11.8 Å². The van der Waals surface area contributed by atoms with Gasteiger partial charge in [-0.1, -0.05) is 52.8 Å². The van der Waals surface area contributed by atoms with Crippen molar-refractivity contribution in [3.8, 4) is 6.07 Å². The second kappa shape index (κ2) is 9.88. The number of hydrogen-bond acceptors (Lipinski definition) is 3. The van der Waals surface area contributed by atoms with Crippen molar-refractivity contribution >= 4 is 11.6 Å². The van der Waals surface area contributed by atoms with E-state index in [1.54, 1.807) is 6.20 Å². The van der Waals surface area contributed by atoms with Crippen LogP contribution in [0.5, 0.6) is 0 Å². The van der Waals surface area contributed by atoms with Gasteiger partial charge in [-0.05, 0) is 36.3 Å². The molecule has 0 bridgehead atoms. The molecule has 1 N–H and O–H groups in total. The largest absolute Gasteiger partial charge is 0.376 e. The van der Waals surface area contributed by atoms with Crippen LogP contribution in [-0.2, 0) is 11.2 Å². The highest BCUT2D eigenvalue weighted by atomic mass is 16.1. The Morgan fingerprint density at radius 2 is 1.84 bits per heavy atom. The van der Waals surface area contributed by atoms with Gasteiger partial charge in [0, 0.05) is 25.0 Å². The zero-order valence-electron chi connectivity index (χ0n) is 16.4. The molecular formula is C21H31N3O. The van der Waals surface area contributed by atoms with Crippen molar-refractivity contribution < 1.29 is 4.79 Å². The lowest BCUT2D eigenvalue weighted by molar-refractivity contribution is -0.112. The second-order valence-corrected chi connectivity index (χ2v) is 7.31. The van der Waals surface area contributed by atoms with E-state index >= 15 is 0 Å². The Bertz CT molecular complexity index is 644. The number of nitrogens with one attached hydrogen (secondary N) is 1. The normalized spacial score (nSPS) is 11.6. The van der Waals surface area contributed by atoms with Gasteiger partial charge in [0.2, 0.25) is 0 Å². The lowest BCUT2D eigenvalue weighted by Gasteiger charge is -2.25. The summed E-state index contributed by atoms with van der Waals surface area (Å²) in [5.41, 5.74) is 3.04. The van der Waals surface area contributed by atoms with Crippen LogP contribution in [0.3, 0.4) is 0 Å². The summed E-state index contributed by atoms with van der Waals surface area (Å²) in [4.78, 5) is 14.7. The lowest BCUT2D eigenvalue weighted by atomic mass is 10.1. The minimum absolute atomic E-state index is 0.145. The Balaban J connectivity index is 3.05. The molecule has 0 fully saturated rings. The highest BCUT2D eigenvalue weighted by Crippen LogP contribution is 2.21. The molecule has 0 saturated heterocycles. The van der Waals surface area contributed by atoms with E-state index in [2.05, 4.69) is 50.9 Å². The first-order valence-electron chi connectivity index (χ1n) is 9.04. The van der Waals surface area contributed by atoms with Gasteiger partial charge in [-0.3, -0.25) is 4.79 Å². The summed E-state index contributed by atoms with van der Waals surface area (Å²) in [6, 6.07) is 8.02. The standard InChI is InChI=1S/C21H31N3O/c1-7-18-10-8-9-17(6)20(18)23-21(25)19(11-22)14-24(12-15(2)3)13-16(4)5/h8-10,14-16H,7,12-13H2,1-6H3,(H,23,25)/b19-14-. The summed E-state index contributed by atoms with van der Waals surface area (Å²) in [6.45, 7) is 14.2. The van der Waals surface area contributed by atoms with Crippen LogP contribution in [0.1, 0.15) is 45.7 Å². The number of carbonyl (C=O) groups is 1. The maximum absolute atomic E-state index is 12.6. The molecule has 0 atom stereocenters. The lowest BCUT2D eigenvalue weighted by Crippen LogP contribution is -2.28. The number of aryl methyl sites for hydroxylation is 2. The highest BCUT2D eigenvalue weighted by Gasteiger charge is 2.15. The molecule has 0 aliphatic carbocycles. The maximum Gasteiger partial charge on any atom is 0.267 e. The Kier molecular flexibility index (Phi) is 8.21. The topological polar surface area (TPSA) is 56.1 Å². The zero-order chi connectivity index (χ0) is 19.0. The second-order valence-electron chi connectivity index (χ2n) is 7.31. The number of rotatable bonds is 8. The Labute approximate surface area is 152 Å². The third-order valence-electron chi connectivity index (χ3n) is 3.85. The Morgan fingerprint density at radius 3 is 2.32 bits per heavy atom. The molecule has 0 radical (unpaired) electrons. The van der Waals surface area contributed by atoms with Crippen LogP contribution >= 0.6 is 0 Å². The first-order valence-corrected chi connectivity index (χ1v) is 9.04. The molecule has 0 aliphatic heterocycles. The summed E-state index contributed by atoms with van der Waals surface area (Å²) in [5.74, 6) is 0.575. The highest BCUT2D eigenvalue weighted by molar-refractivity contribution is 6.07. The quantitative estimate of drug-likeness (QED) is 0.559. The van der Waals surface area contributed by atoms with Gasteiger partial charge in [-0.15, -0.1) is 0 Å². The van der Waals surface area contributed by atoms with Crippen LogP contribution in [0.25, 0.3) is 0 Å². The van der Waals surface area contributed by atoms with Gasteiger partial charge in [0.25, 0.3) is 5.91 Å². The van der Waals surface area contributed by atoms with E-state index in [4.69, 9.17) is 0 Å². The van der Waals surface area contributed by atoms with E-state index in [9.17, 15) is 10.1 Å². The number of benzene rings is 1. The van der Waals surface area contributed by atoms with Crippen molar-refractivity contribution in [2.75, 3.05) is 18.4 Å². The molecule has 0 aromatic heterocycles. The van der Waals surface area contributed by atoms with Crippen molar-refractivity contribution in [3.63, 3.8) is 0 Å². The molecule has 0 unspecified atom stereocenters. The molecule has 4 heteroatoms. The number of para-hydroxylation sites is 1. The van der Waals surface area contributed by atoms with Crippen LogP contribution in [0, 0.1) is 30.1 Å². The van der Waals surface area contributed by atoms with Crippen LogP contribution in [-0.4, -0.2) is 23.9 Å². The molecule has 0 saturated carbocycles. The minimum Gasteiger partial charge on any atom is -0.376 e. The average molecular weight is 341 g/mol. The Morgan fingerprint density at radius 1 is 1.24 bits per heavy atom. The number of nitrogens with zero attached hydrogens (tertiary/aromatic N) is 2. The van der Waals surface area contributed by atoms with E-state index in [-0.39, 0.29) is 11.5 Å². The van der Waals surface area contributed by atoms with Gasteiger partial charge >= 0.3 is 0 Å².